The topological polar surface area (TPSA) is 18.5 Å². The molecule has 1 rings (SSSR count). The first kappa shape index (κ1) is 7.75. The summed E-state index contributed by atoms with van der Waals surface area (Å²) in [4.78, 5) is 0. The Morgan fingerprint density at radius 3 is 2.78 bits per heavy atom. The predicted octanol–water partition coefficient (Wildman–Crippen LogP) is 1.57. The molecule has 1 saturated heterocycles. The predicted molar refractivity (Wildman–Crippen MR) is 43.8 cm³/mol. The molecular formula is C6H11IO2. The Kier molecular flexibility index (Phi) is 3.21. The van der Waals surface area contributed by atoms with Crippen molar-refractivity contribution >= 4 is 22.6 Å². The number of halogens is 1. The Morgan fingerprint density at radius 2 is 2.33 bits per heavy atom. The molecule has 9 heavy (non-hydrogen) atoms. The Labute approximate surface area is 69.0 Å². The van der Waals surface area contributed by atoms with Crippen LogP contribution in [-0.4, -0.2) is 23.4 Å². The van der Waals surface area contributed by atoms with Crippen LogP contribution >= 0.6 is 22.6 Å². The van der Waals surface area contributed by atoms with Crippen molar-refractivity contribution in [3.63, 3.8) is 0 Å². The van der Waals surface area contributed by atoms with Gasteiger partial charge in [0.15, 0.2) is 0 Å². The van der Waals surface area contributed by atoms with Crippen LogP contribution in [0.15, 0.2) is 0 Å². The molecule has 1 aliphatic rings. The number of hydrogen-bond acceptors (Lipinski definition) is 2. The van der Waals surface area contributed by atoms with Gasteiger partial charge in [-0.1, -0.05) is 22.6 Å². The van der Waals surface area contributed by atoms with Gasteiger partial charge in [-0.2, -0.15) is 0 Å². The van der Waals surface area contributed by atoms with Crippen molar-refractivity contribution in [1.82, 2.24) is 0 Å². The Bertz CT molecular complexity index is 87.1. The van der Waals surface area contributed by atoms with Crippen LogP contribution in [0, 0.1) is 0 Å². The number of alkyl halides is 1. The molecule has 0 aliphatic carbocycles. The third-order valence-electron chi connectivity index (χ3n) is 1.53. The average molecular weight is 242 g/mol. The summed E-state index contributed by atoms with van der Waals surface area (Å²) in [7, 11) is 0. The van der Waals surface area contributed by atoms with Gasteiger partial charge in [0, 0.05) is 4.43 Å². The lowest BCUT2D eigenvalue weighted by atomic mass is 10.2. The largest absolute Gasteiger partial charge is 0.350 e. The van der Waals surface area contributed by atoms with Gasteiger partial charge < -0.3 is 9.47 Å². The molecule has 0 radical (unpaired) electrons. The van der Waals surface area contributed by atoms with Gasteiger partial charge in [0.1, 0.15) is 6.79 Å². The molecule has 2 nitrogen and oxygen atoms in total. The summed E-state index contributed by atoms with van der Waals surface area (Å²) in [5.41, 5.74) is 0. The van der Waals surface area contributed by atoms with Crippen LogP contribution in [0.1, 0.15) is 13.3 Å². The first-order chi connectivity index (χ1) is 4.34. The molecule has 0 saturated carbocycles. The van der Waals surface area contributed by atoms with E-state index in [0.29, 0.717) is 19.0 Å². The van der Waals surface area contributed by atoms with Crippen molar-refractivity contribution in [3.05, 3.63) is 0 Å². The van der Waals surface area contributed by atoms with E-state index in [1.165, 1.54) is 0 Å². The Balaban J connectivity index is 2.22. The zero-order chi connectivity index (χ0) is 6.69. The van der Waals surface area contributed by atoms with Crippen molar-refractivity contribution in [2.45, 2.75) is 25.6 Å². The highest BCUT2D eigenvalue weighted by molar-refractivity contribution is 14.1. The van der Waals surface area contributed by atoms with Gasteiger partial charge in [-0.25, -0.2) is 0 Å². The maximum Gasteiger partial charge on any atom is 0.147 e. The molecule has 0 aromatic carbocycles. The Hall–Kier alpha value is 0.650. The molecule has 54 valence electrons. The summed E-state index contributed by atoms with van der Waals surface area (Å²) in [6, 6.07) is 0. The molecule has 1 fully saturated rings. The van der Waals surface area contributed by atoms with Crippen LogP contribution in [0.25, 0.3) is 0 Å². The molecule has 0 N–H and O–H groups in total. The second kappa shape index (κ2) is 3.73. The van der Waals surface area contributed by atoms with Crippen molar-refractivity contribution < 1.29 is 9.47 Å². The van der Waals surface area contributed by atoms with E-state index in [0.717, 1.165) is 10.8 Å². The van der Waals surface area contributed by atoms with E-state index < -0.39 is 0 Å². The second-order valence-corrected chi connectivity index (χ2v) is 3.25. The van der Waals surface area contributed by atoms with E-state index in [2.05, 4.69) is 29.5 Å². The third kappa shape index (κ3) is 2.05. The molecule has 0 bridgehead atoms. The molecule has 0 aromatic heterocycles. The van der Waals surface area contributed by atoms with Gasteiger partial charge in [0.2, 0.25) is 0 Å². The highest BCUT2D eigenvalue weighted by atomic mass is 127. The van der Waals surface area contributed by atoms with Crippen LogP contribution < -0.4 is 0 Å². The summed E-state index contributed by atoms with van der Waals surface area (Å²) in [6.45, 7) is 2.55. The third-order valence-corrected chi connectivity index (χ3v) is 2.15. The second-order valence-electron chi connectivity index (χ2n) is 2.17. The molecular weight excluding hydrogens is 231 g/mol. The normalized spacial score (nSPS) is 35.3. The van der Waals surface area contributed by atoms with E-state index in [9.17, 15) is 0 Å². The van der Waals surface area contributed by atoms with E-state index in [4.69, 9.17) is 9.47 Å². The van der Waals surface area contributed by atoms with Crippen molar-refractivity contribution in [3.8, 4) is 0 Å². The molecule has 2 atom stereocenters. The van der Waals surface area contributed by atoms with E-state index in [1.807, 2.05) is 0 Å². The van der Waals surface area contributed by atoms with Crippen LogP contribution in [0.4, 0.5) is 0 Å². The minimum absolute atomic E-state index is 0.305. The summed E-state index contributed by atoms with van der Waals surface area (Å²) < 4.78 is 11.6. The fraction of sp³-hybridized carbons (Fsp3) is 1.00. The van der Waals surface area contributed by atoms with Gasteiger partial charge in [-0.05, 0) is 13.3 Å². The molecule has 0 spiro atoms. The SMILES string of the molecule is CC1OCOC1CCI. The zero-order valence-electron chi connectivity index (χ0n) is 5.47. The first-order valence-corrected chi connectivity index (χ1v) is 4.66. The lowest BCUT2D eigenvalue weighted by Gasteiger charge is -2.09. The first-order valence-electron chi connectivity index (χ1n) is 3.13. The van der Waals surface area contributed by atoms with Crippen molar-refractivity contribution in [1.29, 1.82) is 0 Å². The number of ether oxygens (including phenoxy) is 2. The van der Waals surface area contributed by atoms with Gasteiger partial charge in [0.25, 0.3) is 0 Å². The fourth-order valence-corrected chi connectivity index (χ4v) is 1.52. The van der Waals surface area contributed by atoms with Crippen LogP contribution in [-0.2, 0) is 9.47 Å². The Morgan fingerprint density at radius 1 is 1.56 bits per heavy atom. The van der Waals surface area contributed by atoms with Crippen LogP contribution in [0.5, 0.6) is 0 Å². The minimum atomic E-state index is 0.305. The lowest BCUT2D eigenvalue weighted by Crippen LogP contribution is -2.18. The molecule has 1 aliphatic heterocycles. The molecule has 3 heteroatoms. The summed E-state index contributed by atoms with van der Waals surface area (Å²) in [5.74, 6) is 0. The molecule has 2 unspecified atom stereocenters. The van der Waals surface area contributed by atoms with Crippen molar-refractivity contribution in [2.24, 2.45) is 0 Å². The summed E-state index contributed by atoms with van der Waals surface area (Å²) in [5, 5.41) is 0. The number of hydrogen-bond donors (Lipinski definition) is 0. The van der Waals surface area contributed by atoms with Gasteiger partial charge in [-0.3, -0.25) is 0 Å². The smallest absolute Gasteiger partial charge is 0.147 e. The van der Waals surface area contributed by atoms with Gasteiger partial charge in [-0.15, -0.1) is 0 Å². The lowest BCUT2D eigenvalue weighted by molar-refractivity contribution is 0.0404. The monoisotopic (exact) mass is 242 g/mol. The molecule has 0 aromatic rings. The van der Waals surface area contributed by atoms with Crippen molar-refractivity contribution in [2.75, 3.05) is 11.2 Å². The van der Waals surface area contributed by atoms with E-state index in [1.54, 1.807) is 0 Å². The standard InChI is InChI=1S/C6H11IO2/c1-5-6(2-3-7)9-4-8-5/h5-6H,2-4H2,1H3. The highest BCUT2D eigenvalue weighted by Gasteiger charge is 2.23. The number of rotatable bonds is 2. The van der Waals surface area contributed by atoms with E-state index >= 15 is 0 Å². The summed E-state index contributed by atoms with van der Waals surface area (Å²) in [6.07, 6.45) is 1.77. The van der Waals surface area contributed by atoms with E-state index in [-0.39, 0.29) is 0 Å². The maximum absolute atomic E-state index is 5.28. The highest BCUT2D eigenvalue weighted by Crippen LogP contribution is 2.15. The molecule has 0 amide bonds. The quantitative estimate of drug-likeness (QED) is 0.540. The van der Waals surface area contributed by atoms with Gasteiger partial charge >= 0.3 is 0 Å². The molecule has 1 heterocycles. The van der Waals surface area contributed by atoms with Crippen LogP contribution in [0.2, 0.25) is 0 Å². The average Bonchev–Trinajstić information content (AvgIpc) is 2.18. The van der Waals surface area contributed by atoms with Gasteiger partial charge in [0.05, 0.1) is 12.2 Å². The maximum atomic E-state index is 5.28. The minimum Gasteiger partial charge on any atom is -0.350 e. The summed E-state index contributed by atoms with van der Waals surface area (Å²) >= 11 is 2.35. The zero-order valence-corrected chi connectivity index (χ0v) is 7.63. The fourth-order valence-electron chi connectivity index (χ4n) is 0.902. The van der Waals surface area contributed by atoms with Crippen LogP contribution in [0.3, 0.4) is 0 Å².